The zero-order valence-corrected chi connectivity index (χ0v) is 10.2. The lowest BCUT2D eigenvalue weighted by atomic mass is 10.2. The molecule has 0 bridgehead atoms. The van der Waals surface area contributed by atoms with Crippen molar-refractivity contribution in [3.63, 3.8) is 0 Å². The highest BCUT2D eigenvalue weighted by atomic mass is 19.4. The number of esters is 1. The molecule has 20 heavy (non-hydrogen) atoms. The SMILES string of the molecule is CCOC(=O)c1cc(C=NNC(N)=O)oc1C(F)(F)F. The van der Waals surface area contributed by atoms with E-state index in [1.807, 2.05) is 0 Å². The molecule has 0 saturated heterocycles. The first-order chi connectivity index (χ1) is 9.25. The van der Waals surface area contributed by atoms with E-state index in [1.54, 1.807) is 5.43 Å². The van der Waals surface area contributed by atoms with Crippen molar-refractivity contribution < 1.29 is 31.9 Å². The summed E-state index contributed by atoms with van der Waals surface area (Å²) in [7, 11) is 0. The van der Waals surface area contributed by atoms with Crippen LogP contribution in [0.25, 0.3) is 0 Å². The van der Waals surface area contributed by atoms with E-state index in [4.69, 9.17) is 5.73 Å². The number of nitrogens with zero attached hydrogens (tertiary/aromatic N) is 1. The standard InChI is InChI=1S/C10H10F3N3O4/c1-2-19-8(17)6-3-5(4-15-16-9(14)18)20-7(6)10(11,12)13/h3-4H,2H2,1H3,(H3,14,16,18). The van der Waals surface area contributed by atoms with Gasteiger partial charge in [-0.1, -0.05) is 0 Å². The van der Waals surface area contributed by atoms with Crippen molar-refractivity contribution in [2.75, 3.05) is 6.61 Å². The molecule has 0 aliphatic carbocycles. The van der Waals surface area contributed by atoms with Crippen LogP contribution in [-0.2, 0) is 10.9 Å². The number of ether oxygens (including phenoxy) is 1. The van der Waals surface area contributed by atoms with Gasteiger partial charge in [0.25, 0.3) is 0 Å². The first kappa shape index (κ1) is 15.5. The van der Waals surface area contributed by atoms with Gasteiger partial charge in [0.15, 0.2) is 0 Å². The predicted molar refractivity (Wildman–Crippen MR) is 60.0 cm³/mol. The zero-order valence-electron chi connectivity index (χ0n) is 10.2. The second-order valence-electron chi connectivity index (χ2n) is 3.34. The molecule has 0 fully saturated rings. The van der Waals surface area contributed by atoms with Crippen LogP contribution in [0.15, 0.2) is 15.6 Å². The summed E-state index contributed by atoms with van der Waals surface area (Å²) in [4.78, 5) is 21.7. The molecule has 0 spiro atoms. The van der Waals surface area contributed by atoms with E-state index >= 15 is 0 Å². The second kappa shape index (κ2) is 6.08. The molecule has 0 saturated carbocycles. The third-order valence-electron chi connectivity index (χ3n) is 1.87. The minimum absolute atomic E-state index is 0.0893. The highest BCUT2D eigenvalue weighted by Gasteiger charge is 2.40. The Bertz CT molecular complexity index is 536. The van der Waals surface area contributed by atoms with Gasteiger partial charge >= 0.3 is 18.2 Å². The van der Waals surface area contributed by atoms with E-state index in [0.29, 0.717) is 0 Å². The number of hydrazone groups is 1. The summed E-state index contributed by atoms with van der Waals surface area (Å²) in [6.45, 7) is 1.36. The van der Waals surface area contributed by atoms with Gasteiger partial charge in [-0.05, 0) is 6.92 Å². The molecule has 1 heterocycles. The van der Waals surface area contributed by atoms with Crippen LogP contribution >= 0.6 is 0 Å². The summed E-state index contributed by atoms with van der Waals surface area (Å²) >= 11 is 0. The van der Waals surface area contributed by atoms with Crippen molar-refractivity contribution >= 4 is 18.2 Å². The number of nitrogens with one attached hydrogen (secondary N) is 1. The quantitative estimate of drug-likeness (QED) is 0.498. The van der Waals surface area contributed by atoms with Gasteiger partial charge in [-0.15, -0.1) is 0 Å². The van der Waals surface area contributed by atoms with Crippen LogP contribution in [0.1, 0.15) is 28.8 Å². The number of furan rings is 1. The largest absolute Gasteiger partial charge is 0.462 e. The maximum atomic E-state index is 12.7. The summed E-state index contributed by atoms with van der Waals surface area (Å²) < 4.78 is 47.0. The van der Waals surface area contributed by atoms with E-state index in [2.05, 4.69) is 14.3 Å². The van der Waals surface area contributed by atoms with Gasteiger partial charge in [-0.3, -0.25) is 0 Å². The molecule has 0 aromatic carbocycles. The van der Waals surface area contributed by atoms with Crippen molar-refractivity contribution in [2.24, 2.45) is 10.8 Å². The lowest BCUT2D eigenvalue weighted by Gasteiger charge is -2.05. The Morgan fingerprint density at radius 1 is 1.55 bits per heavy atom. The first-order valence-electron chi connectivity index (χ1n) is 5.22. The van der Waals surface area contributed by atoms with E-state index in [1.165, 1.54) is 6.92 Å². The van der Waals surface area contributed by atoms with E-state index in [0.717, 1.165) is 12.3 Å². The highest BCUT2D eigenvalue weighted by Crippen LogP contribution is 2.34. The number of hydrogen-bond donors (Lipinski definition) is 2. The summed E-state index contributed by atoms with van der Waals surface area (Å²) in [6.07, 6.45) is -4.10. The van der Waals surface area contributed by atoms with Crippen LogP contribution in [0.5, 0.6) is 0 Å². The average Bonchev–Trinajstić information content (AvgIpc) is 2.73. The van der Waals surface area contributed by atoms with Crippen LogP contribution in [-0.4, -0.2) is 24.8 Å². The fourth-order valence-electron chi connectivity index (χ4n) is 1.20. The van der Waals surface area contributed by atoms with Crippen molar-refractivity contribution in [3.05, 3.63) is 23.2 Å². The third kappa shape index (κ3) is 4.00. The first-order valence-corrected chi connectivity index (χ1v) is 5.22. The minimum Gasteiger partial charge on any atom is -0.462 e. The van der Waals surface area contributed by atoms with Gasteiger partial charge in [0, 0.05) is 6.07 Å². The number of nitrogens with two attached hydrogens (primary N) is 1. The second-order valence-corrected chi connectivity index (χ2v) is 3.34. The average molecular weight is 293 g/mol. The number of alkyl halides is 3. The van der Waals surface area contributed by atoms with Crippen molar-refractivity contribution in [1.82, 2.24) is 5.43 Å². The fraction of sp³-hybridized carbons (Fsp3) is 0.300. The van der Waals surface area contributed by atoms with Gasteiger partial charge in [0.05, 0.1) is 12.8 Å². The van der Waals surface area contributed by atoms with Crippen LogP contribution in [0.2, 0.25) is 0 Å². The highest BCUT2D eigenvalue weighted by molar-refractivity contribution is 5.93. The van der Waals surface area contributed by atoms with Gasteiger partial charge in [0.1, 0.15) is 11.3 Å². The fourth-order valence-corrected chi connectivity index (χ4v) is 1.20. The van der Waals surface area contributed by atoms with Gasteiger partial charge in [-0.2, -0.15) is 18.3 Å². The maximum absolute atomic E-state index is 12.7. The molecule has 0 radical (unpaired) electrons. The molecule has 0 unspecified atom stereocenters. The molecule has 0 aliphatic rings. The molecule has 2 amide bonds. The van der Waals surface area contributed by atoms with Crippen molar-refractivity contribution in [3.8, 4) is 0 Å². The van der Waals surface area contributed by atoms with Gasteiger partial charge < -0.3 is 14.9 Å². The Morgan fingerprint density at radius 3 is 2.70 bits per heavy atom. The minimum atomic E-state index is -4.87. The molecule has 3 N–H and O–H groups in total. The van der Waals surface area contributed by atoms with E-state index in [9.17, 15) is 22.8 Å². The van der Waals surface area contributed by atoms with Gasteiger partial charge in [-0.25, -0.2) is 15.0 Å². The lowest BCUT2D eigenvalue weighted by Crippen LogP contribution is -2.24. The summed E-state index contributed by atoms with van der Waals surface area (Å²) in [5, 5.41) is 3.22. The molecule has 1 aromatic rings. The van der Waals surface area contributed by atoms with Crippen LogP contribution in [0.4, 0.5) is 18.0 Å². The molecule has 7 nitrogen and oxygen atoms in total. The van der Waals surface area contributed by atoms with Crippen LogP contribution in [0, 0.1) is 0 Å². The molecule has 10 heteroatoms. The van der Waals surface area contributed by atoms with Crippen LogP contribution < -0.4 is 11.2 Å². The summed E-state index contributed by atoms with van der Waals surface area (Å²) in [6, 6.07) is -0.207. The van der Waals surface area contributed by atoms with E-state index in [-0.39, 0.29) is 6.61 Å². The Balaban J connectivity index is 3.09. The number of rotatable bonds is 4. The number of carbonyl (C=O) groups excluding carboxylic acids is 2. The molecule has 1 rings (SSSR count). The Labute approximate surface area is 110 Å². The number of hydrogen-bond acceptors (Lipinski definition) is 5. The lowest BCUT2D eigenvalue weighted by molar-refractivity contribution is -0.153. The number of carbonyl (C=O) groups is 2. The Hall–Kier alpha value is -2.52. The molecule has 0 aliphatic heterocycles. The maximum Gasteiger partial charge on any atom is 0.450 e. The van der Waals surface area contributed by atoms with Crippen LogP contribution in [0.3, 0.4) is 0 Å². The Morgan fingerprint density at radius 2 is 2.20 bits per heavy atom. The number of halogens is 3. The molecular weight excluding hydrogens is 283 g/mol. The molecule has 110 valence electrons. The number of amides is 2. The number of urea groups is 1. The smallest absolute Gasteiger partial charge is 0.450 e. The zero-order chi connectivity index (χ0) is 15.3. The normalized spacial score (nSPS) is 11.6. The predicted octanol–water partition coefficient (Wildman–Crippen LogP) is 1.48. The third-order valence-corrected chi connectivity index (χ3v) is 1.87. The van der Waals surface area contributed by atoms with E-state index < -0.39 is 35.3 Å². The summed E-state index contributed by atoms with van der Waals surface area (Å²) in [5.41, 5.74) is 5.69. The number of primary amides is 1. The molecule has 1 aromatic heterocycles. The van der Waals surface area contributed by atoms with Gasteiger partial charge in [0.2, 0.25) is 5.76 Å². The van der Waals surface area contributed by atoms with Crippen molar-refractivity contribution in [1.29, 1.82) is 0 Å². The Kier molecular flexibility index (Phi) is 4.73. The topological polar surface area (TPSA) is 107 Å². The van der Waals surface area contributed by atoms with Crippen molar-refractivity contribution in [2.45, 2.75) is 13.1 Å². The molecule has 0 atom stereocenters. The monoisotopic (exact) mass is 293 g/mol. The molecular formula is C10H10F3N3O4. The summed E-state index contributed by atoms with van der Waals surface area (Å²) in [5.74, 6) is -3.07.